The highest BCUT2D eigenvalue weighted by Crippen LogP contribution is 2.39. The van der Waals surface area contributed by atoms with Gasteiger partial charge < -0.3 is 9.30 Å². The summed E-state index contributed by atoms with van der Waals surface area (Å²) in [5.41, 5.74) is 0.0435. The third kappa shape index (κ3) is 1.86. The van der Waals surface area contributed by atoms with Crippen LogP contribution in [0, 0.1) is 5.41 Å². The molecule has 2 aliphatic heterocycles. The van der Waals surface area contributed by atoms with E-state index >= 15 is 0 Å². The van der Waals surface area contributed by atoms with Gasteiger partial charge >= 0.3 is 0 Å². The first-order valence-electron chi connectivity index (χ1n) is 6.08. The summed E-state index contributed by atoms with van der Waals surface area (Å²) in [5.74, 6) is 0. The number of rotatable bonds is 2. The summed E-state index contributed by atoms with van der Waals surface area (Å²) in [5, 5.41) is 0.140. The largest absolute Gasteiger partial charge is 0.381 e. The Morgan fingerprint density at radius 3 is 2.89 bits per heavy atom. The summed E-state index contributed by atoms with van der Waals surface area (Å²) in [7, 11) is -1.67. The second-order valence-electron chi connectivity index (χ2n) is 5.27. The lowest BCUT2D eigenvalue weighted by atomic mass is 9.87. The van der Waals surface area contributed by atoms with Crippen LogP contribution >= 0.6 is 0 Å². The van der Waals surface area contributed by atoms with Crippen molar-refractivity contribution in [3.05, 3.63) is 12.5 Å². The molecule has 0 aromatic carbocycles. The SMILES string of the molecule is Cn1cnc(S(=O)(=O)N2CC[C@]3(CCOC3)C2)c1. The molecule has 0 radical (unpaired) electrons. The van der Waals surface area contributed by atoms with Crippen LogP contribution in [0.15, 0.2) is 17.6 Å². The molecule has 0 unspecified atom stereocenters. The number of hydrogen-bond acceptors (Lipinski definition) is 4. The number of sulfonamides is 1. The van der Waals surface area contributed by atoms with Crippen molar-refractivity contribution in [1.29, 1.82) is 0 Å². The molecule has 1 spiro atoms. The number of aryl methyl sites for hydroxylation is 1. The van der Waals surface area contributed by atoms with Crippen molar-refractivity contribution in [3.63, 3.8) is 0 Å². The Balaban J connectivity index is 1.83. The van der Waals surface area contributed by atoms with E-state index < -0.39 is 10.0 Å². The lowest BCUT2D eigenvalue weighted by molar-refractivity contribution is 0.157. The van der Waals surface area contributed by atoms with Crippen LogP contribution in [0.2, 0.25) is 0 Å². The zero-order valence-corrected chi connectivity index (χ0v) is 11.2. The van der Waals surface area contributed by atoms with E-state index in [9.17, 15) is 8.42 Å². The van der Waals surface area contributed by atoms with E-state index in [0.29, 0.717) is 19.7 Å². The van der Waals surface area contributed by atoms with Gasteiger partial charge in [0.25, 0.3) is 10.0 Å². The molecule has 0 N–H and O–H groups in total. The van der Waals surface area contributed by atoms with Crippen LogP contribution < -0.4 is 0 Å². The van der Waals surface area contributed by atoms with E-state index in [1.165, 1.54) is 6.33 Å². The highest BCUT2D eigenvalue weighted by molar-refractivity contribution is 7.89. The van der Waals surface area contributed by atoms with Crippen LogP contribution in [0.4, 0.5) is 0 Å². The van der Waals surface area contributed by atoms with E-state index in [1.54, 1.807) is 22.1 Å². The maximum atomic E-state index is 12.4. The number of hydrogen-bond donors (Lipinski definition) is 0. The fraction of sp³-hybridized carbons (Fsp3) is 0.727. The zero-order chi connectivity index (χ0) is 12.8. The summed E-state index contributed by atoms with van der Waals surface area (Å²) < 4.78 is 33.4. The number of ether oxygens (including phenoxy) is 1. The van der Waals surface area contributed by atoms with Crippen molar-refractivity contribution in [2.75, 3.05) is 26.3 Å². The topological polar surface area (TPSA) is 64.4 Å². The molecule has 0 saturated carbocycles. The molecule has 1 atom stereocenters. The molecule has 6 nitrogen and oxygen atoms in total. The second-order valence-corrected chi connectivity index (χ2v) is 7.15. The smallest absolute Gasteiger partial charge is 0.262 e. The van der Waals surface area contributed by atoms with Crippen molar-refractivity contribution in [3.8, 4) is 0 Å². The molecule has 2 aliphatic rings. The van der Waals surface area contributed by atoms with Crippen LogP contribution in [-0.2, 0) is 21.8 Å². The maximum absolute atomic E-state index is 12.4. The Morgan fingerprint density at radius 2 is 2.28 bits per heavy atom. The lowest BCUT2D eigenvalue weighted by Gasteiger charge is -2.21. The minimum atomic E-state index is -3.44. The molecule has 100 valence electrons. The molecule has 0 bridgehead atoms. The van der Waals surface area contributed by atoms with Gasteiger partial charge in [0, 0.05) is 38.4 Å². The van der Waals surface area contributed by atoms with E-state index in [1.807, 2.05) is 0 Å². The van der Waals surface area contributed by atoms with Gasteiger partial charge in [-0.1, -0.05) is 0 Å². The Morgan fingerprint density at radius 1 is 1.44 bits per heavy atom. The van der Waals surface area contributed by atoms with Crippen LogP contribution in [0.25, 0.3) is 0 Å². The average Bonchev–Trinajstić information content (AvgIpc) is 3.02. The van der Waals surface area contributed by atoms with Gasteiger partial charge in [0.1, 0.15) is 0 Å². The second kappa shape index (κ2) is 4.04. The standard InChI is InChI=1S/C11H17N3O3S/c1-13-6-10(12-9-13)18(15,16)14-4-2-11(7-14)3-5-17-8-11/h6,9H,2-5,7-8H2,1H3/t11-/m0/s1. The monoisotopic (exact) mass is 271 g/mol. The molecule has 0 amide bonds. The average molecular weight is 271 g/mol. The Kier molecular flexibility index (Phi) is 2.72. The minimum absolute atomic E-state index is 0.0435. The highest BCUT2D eigenvalue weighted by Gasteiger charge is 2.45. The van der Waals surface area contributed by atoms with Crippen LogP contribution in [0.5, 0.6) is 0 Å². The van der Waals surface area contributed by atoms with E-state index in [-0.39, 0.29) is 10.4 Å². The quantitative estimate of drug-likeness (QED) is 0.772. The summed E-state index contributed by atoms with van der Waals surface area (Å²) in [6, 6.07) is 0. The summed E-state index contributed by atoms with van der Waals surface area (Å²) >= 11 is 0. The molecular weight excluding hydrogens is 254 g/mol. The van der Waals surface area contributed by atoms with Crippen LogP contribution in [0.1, 0.15) is 12.8 Å². The van der Waals surface area contributed by atoms with E-state index in [2.05, 4.69) is 4.98 Å². The minimum Gasteiger partial charge on any atom is -0.381 e. The van der Waals surface area contributed by atoms with E-state index in [4.69, 9.17) is 4.74 Å². The molecule has 2 saturated heterocycles. The first kappa shape index (κ1) is 12.1. The predicted molar refractivity (Wildman–Crippen MR) is 64.5 cm³/mol. The Labute approximate surface area is 107 Å². The summed E-state index contributed by atoms with van der Waals surface area (Å²) in [6.45, 7) is 2.56. The molecule has 3 rings (SSSR count). The predicted octanol–water partition coefficient (Wildman–Crippen LogP) is 0.221. The van der Waals surface area contributed by atoms with Gasteiger partial charge in [-0.05, 0) is 12.8 Å². The number of aromatic nitrogens is 2. The molecule has 18 heavy (non-hydrogen) atoms. The van der Waals surface area contributed by atoms with Crippen LogP contribution in [0.3, 0.4) is 0 Å². The van der Waals surface area contributed by atoms with Gasteiger partial charge in [0.05, 0.1) is 12.9 Å². The Hall–Kier alpha value is -0.920. The molecule has 0 aliphatic carbocycles. The van der Waals surface area contributed by atoms with Gasteiger partial charge in [0.15, 0.2) is 5.03 Å². The fourth-order valence-electron chi connectivity index (χ4n) is 2.72. The number of imidazole rings is 1. The van der Waals surface area contributed by atoms with Crippen molar-refractivity contribution < 1.29 is 13.2 Å². The molecule has 1 aromatic rings. The Bertz CT molecular complexity index is 546. The normalized spacial score (nSPS) is 29.4. The molecule has 3 heterocycles. The number of nitrogens with zero attached hydrogens (tertiary/aromatic N) is 3. The van der Waals surface area contributed by atoms with Gasteiger partial charge in [-0.3, -0.25) is 0 Å². The van der Waals surface area contributed by atoms with Crippen molar-refractivity contribution >= 4 is 10.0 Å². The van der Waals surface area contributed by atoms with Crippen molar-refractivity contribution in [2.45, 2.75) is 17.9 Å². The van der Waals surface area contributed by atoms with Gasteiger partial charge in [-0.2, -0.15) is 4.31 Å². The summed E-state index contributed by atoms with van der Waals surface area (Å²) in [6.07, 6.45) is 4.91. The van der Waals surface area contributed by atoms with Gasteiger partial charge in [-0.25, -0.2) is 13.4 Å². The molecule has 7 heteroatoms. The molecule has 2 fully saturated rings. The third-order valence-corrected chi connectivity index (χ3v) is 5.60. The zero-order valence-electron chi connectivity index (χ0n) is 10.4. The fourth-order valence-corrected chi connectivity index (χ4v) is 4.24. The highest BCUT2D eigenvalue weighted by atomic mass is 32.2. The van der Waals surface area contributed by atoms with Crippen LogP contribution in [-0.4, -0.2) is 48.6 Å². The maximum Gasteiger partial charge on any atom is 0.262 e. The summed E-state index contributed by atoms with van der Waals surface area (Å²) in [4.78, 5) is 3.95. The van der Waals surface area contributed by atoms with Crippen molar-refractivity contribution in [1.82, 2.24) is 13.9 Å². The van der Waals surface area contributed by atoms with Gasteiger partial charge in [-0.15, -0.1) is 0 Å². The first-order valence-corrected chi connectivity index (χ1v) is 7.52. The molecular formula is C11H17N3O3S. The third-order valence-electron chi connectivity index (χ3n) is 3.87. The van der Waals surface area contributed by atoms with Gasteiger partial charge in [0.2, 0.25) is 0 Å². The van der Waals surface area contributed by atoms with E-state index in [0.717, 1.165) is 19.4 Å². The lowest BCUT2D eigenvalue weighted by Crippen LogP contribution is -2.32. The first-order chi connectivity index (χ1) is 8.52. The van der Waals surface area contributed by atoms with Crippen molar-refractivity contribution in [2.24, 2.45) is 12.5 Å². The molecule has 1 aromatic heterocycles.